The molecule has 0 radical (unpaired) electrons. The normalized spacial score (nSPS) is 18.8. The summed E-state index contributed by atoms with van der Waals surface area (Å²) in [7, 11) is 9.60. The second-order valence-electron chi connectivity index (χ2n) is 29.8. The van der Waals surface area contributed by atoms with Crippen LogP contribution in [0.1, 0.15) is 157 Å². The van der Waals surface area contributed by atoms with E-state index in [1.165, 1.54) is 48.9 Å². The molecule has 1 saturated carbocycles. The molecule has 3 fully saturated rings. The number of carboxylic acids is 1. The first-order valence-corrected chi connectivity index (χ1v) is 37.9. The smallest absolute Gasteiger partial charge is 0.410 e. The molecule has 2 aromatic rings. The number of anilines is 1. The van der Waals surface area contributed by atoms with Crippen molar-refractivity contribution in [3.05, 3.63) is 65.2 Å². The Morgan fingerprint density at radius 1 is 0.764 bits per heavy atom. The number of carbonyl (C=O) groups excluding carboxylic acids is 11. The number of nitrogens with one attached hydrogen (secondary N) is 6. The van der Waals surface area contributed by atoms with Gasteiger partial charge in [0.05, 0.1) is 60.4 Å². The van der Waals surface area contributed by atoms with Crippen molar-refractivity contribution in [3.63, 3.8) is 0 Å². The number of halogens is 2. The molecule has 592 valence electrons. The molecule has 12 atom stereocenters. The Labute approximate surface area is 626 Å². The summed E-state index contributed by atoms with van der Waals surface area (Å²) in [6.07, 6.45) is 0.912. The highest BCUT2D eigenvalue weighted by atomic mass is 32.2. The summed E-state index contributed by atoms with van der Waals surface area (Å²) < 4.78 is 47.2. The predicted octanol–water partition coefficient (Wildman–Crippen LogP) is 6.21. The van der Waals surface area contributed by atoms with E-state index in [2.05, 4.69) is 31.9 Å². The fraction of sp³-hybridized carbons (Fsp3) is 0.680. The van der Waals surface area contributed by atoms with E-state index in [9.17, 15) is 66.6 Å². The van der Waals surface area contributed by atoms with Gasteiger partial charge in [-0.3, -0.25) is 57.7 Å². The molecule has 9 N–H and O–H groups in total. The van der Waals surface area contributed by atoms with Gasteiger partial charge in [-0.05, 0) is 124 Å². The van der Waals surface area contributed by atoms with Crippen LogP contribution in [-0.2, 0) is 75.2 Å². The molecule has 0 spiro atoms. The monoisotopic (exact) mass is 1510 g/mol. The van der Waals surface area contributed by atoms with Crippen LogP contribution >= 0.6 is 11.8 Å². The number of hydrogen-bond donors (Lipinski definition) is 8. The van der Waals surface area contributed by atoms with Crippen molar-refractivity contribution in [2.45, 2.75) is 219 Å². The van der Waals surface area contributed by atoms with Gasteiger partial charge in [-0.15, -0.1) is 11.8 Å². The number of nitrogens with two attached hydrogens (primary N) is 1. The number of benzene rings is 2. The summed E-state index contributed by atoms with van der Waals surface area (Å²) in [5.41, 5.74) is 5.59. The zero-order valence-electron chi connectivity index (χ0n) is 64.4. The van der Waals surface area contributed by atoms with Gasteiger partial charge in [0.25, 0.3) is 0 Å². The number of imide groups is 1. The van der Waals surface area contributed by atoms with Crippen molar-refractivity contribution in [1.82, 2.24) is 51.1 Å². The van der Waals surface area contributed by atoms with E-state index in [0.29, 0.717) is 42.7 Å². The number of carboxylic acid groups (broad SMARTS) is 1. The molecule has 3 aliphatic rings. The topological polar surface area (TPSA) is 367 Å². The average Bonchev–Trinajstić information content (AvgIpc) is 1.62. The van der Waals surface area contributed by atoms with Crippen molar-refractivity contribution in [3.8, 4) is 0 Å². The molecule has 2 aromatic carbocycles. The van der Waals surface area contributed by atoms with E-state index in [1.54, 1.807) is 80.9 Å². The molecule has 5 rings (SSSR count). The summed E-state index contributed by atoms with van der Waals surface area (Å²) in [5, 5.41) is 25.3. The molecular formula is C75H116F2N12O16S. The standard InChI is InChI=1S/C75H116F2N12O16S/c1-16-46(8)65(87(13)72(100)63(44(4)5)84-70(98)64(45(6)7)85(10)11)56(103-14)37-59(91)89-40-50(36-55(89)66(104-15)47(9)67(95)79-34-30-51-52(76)22-20-23-53(51)77)86(12)74(102)105-41-48-26-28-49(29-27-48)81-68(96)54(24-21-33-80-73(78)101)82-69(97)62(43(2)3)83-58(90)25-18-17-19-35-88-60(92)38-57(71(88)99)106-42-75(31-32-75)39-61(93)94/h20,22-23,26-29,43-47,50,54-57,62-66H,16-19,21,24-25,30-42H2,1-15H3,(H,79,95)(H,81,96)(H,82,97)(H,83,90)(H,84,98)(H,93,94)(H3,78,80,101)/t46-,47+,50-,54?,55-,56+,57?,62-,63-,64-,65?,66+/m0/s1. The lowest BCUT2D eigenvalue weighted by atomic mass is 9.89. The van der Waals surface area contributed by atoms with Crippen molar-refractivity contribution in [1.29, 1.82) is 0 Å². The lowest BCUT2D eigenvalue weighted by Crippen LogP contribution is -2.59. The van der Waals surface area contributed by atoms with E-state index < -0.39 is 131 Å². The summed E-state index contributed by atoms with van der Waals surface area (Å²) >= 11 is 1.34. The van der Waals surface area contributed by atoms with E-state index in [-0.39, 0.29) is 137 Å². The molecule has 3 unspecified atom stereocenters. The number of nitrogens with zero attached hydrogens (tertiary/aromatic N) is 5. The second-order valence-corrected chi connectivity index (χ2v) is 31.0. The van der Waals surface area contributed by atoms with Gasteiger partial charge in [-0.1, -0.05) is 93.4 Å². The maximum absolute atomic E-state index is 15.2. The number of primary amides is 1. The zero-order chi connectivity index (χ0) is 79.0. The van der Waals surface area contributed by atoms with Crippen LogP contribution in [-0.4, -0.2) is 235 Å². The molecule has 31 heteroatoms. The van der Waals surface area contributed by atoms with Gasteiger partial charge in [-0.25, -0.2) is 18.4 Å². The summed E-state index contributed by atoms with van der Waals surface area (Å²) in [6.45, 7) is 16.4. The maximum Gasteiger partial charge on any atom is 0.410 e. The van der Waals surface area contributed by atoms with Crippen molar-refractivity contribution < 1.29 is 85.6 Å². The van der Waals surface area contributed by atoms with Gasteiger partial charge in [-0.2, -0.15) is 0 Å². The van der Waals surface area contributed by atoms with Crippen LogP contribution in [0, 0.1) is 46.6 Å². The number of amides is 12. The summed E-state index contributed by atoms with van der Waals surface area (Å²) in [6, 6.07) is 3.17. The van der Waals surface area contributed by atoms with Crippen LogP contribution in [0.2, 0.25) is 0 Å². The third-order valence-corrected chi connectivity index (χ3v) is 22.1. The number of likely N-dealkylation sites (tertiary alicyclic amines) is 2. The Balaban J connectivity index is 1.25. The molecule has 2 saturated heterocycles. The van der Waals surface area contributed by atoms with Gasteiger partial charge in [0.15, 0.2) is 0 Å². The molecule has 28 nitrogen and oxygen atoms in total. The fourth-order valence-electron chi connectivity index (χ4n) is 14.0. The highest BCUT2D eigenvalue weighted by molar-refractivity contribution is 8.00. The molecule has 0 bridgehead atoms. The van der Waals surface area contributed by atoms with Gasteiger partial charge in [0.2, 0.25) is 53.2 Å². The highest BCUT2D eigenvalue weighted by Gasteiger charge is 2.49. The van der Waals surface area contributed by atoms with E-state index >= 15 is 4.79 Å². The first-order valence-electron chi connectivity index (χ1n) is 36.9. The highest BCUT2D eigenvalue weighted by Crippen LogP contribution is 2.52. The number of carbonyl (C=O) groups is 12. The van der Waals surface area contributed by atoms with Crippen LogP contribution in [0.25, 0.3) is 0 Å². The van der Waals surface area contributed by atoms with Crippen molar-refractivity contribution in [2.24, 2.45) is 40.7 Å². The van der Waals surface area contributed by atoms with E-state index in [1.807, 2.05) is 41.5 Å². The van der Waals surface area contributed by atoms with Gasteiger partial charge in [0.1, 0.15) is 36.4 Å². The maximum atomic E-state index is 15.2. The molecule has 2 aliphatic heterocycles. The second kappa shape index (κ2) is 41.9. The third-order valence-electron chi connectivity index (χ3n) is 20.6. The average molecular weight is 1510 g/mol. The number of thioether (sulfide) groups is 1. The number of methoxy groups -OCH3 is 2. The van der Waals surface area contributed by atoms with Crippen LogP contribution in [0.3, 0.4) is 0 Å². The van der Waals surface area contributed by atoms with Crippen molar-refractivity contribution in [2.75, 3.05) is 79.7 Å². The van der Waals surface area contributed by atoms with Gasteiger partial charge < -0.3 is 71.7 Å². The Morgan fingerprint density at radius 3 is 1.98 bits per heavy atom. The number of urea groups is 1. The summed E-state index contributed by atoms with van der Waals surface area (Å²) in [5.74, 6) is -7.78. The number of unbranched alkanes of at least 4 members (excludes halogenated alkanes) is 2. The molecule has 12 amide bonds. The minimum absolute atomic E-state index is 0.0361. The minimum Gasteiger partial charge on any atom is -0.481 e. The quantitative estimate of drug-likeness (QED) is 0.0270. The zero-order valence-corrected chi connectivity index (χ0v) is 65.2. The largest absolute Gasteiger partial charge is 0.481 e. The van der Waals surface area contributed by atoms with Crippen LogP contribution in [0.5, 0.6) is 0 Å². The molecular weight excluding hydrogens is 1390 g/mol. The molecule has 106 heavy (non-hydrogen) atoms. The SMILES string of the molecule is CC[C@H](C)C([C@@H](CC(=O)N1C[C@@H](N(C)C(=O)OCc2ccc(NC(=O)C(CCCNC(N)=O)NC(=O)[C@@H](NC(=O)CCCCCN3C(=O)CC(SCC4(CC(=O)O)CC4)C3=O)C(C)C)cc2)C[C@H]1[C@H](OC)[C@@H](C)C(=O)NCCc1c(F)cccc1F)OC)N(C)C(=O)[C@@H](NC(=O)[C@H](C(C)C)N(C)C)C(C)C. The number of rotatable bonds is 44. The lowest BCUT2D eigenvalue weighted by molar-refractivity contribution is -0.148. The molecule has 0 aromatic heterocycles. The van der Waals surface area contributed by atoms with Crippen LogP contribution in [0.4, 0.5) is 24.1 Å². The first kappa shape index (κ1) is 88.6. The minimum atomic E-state index is -1.16. The third kappa shape index (κ3) is 25.6. The lowest BCUT2D eigenvalue weighted by Gasteiger charge is -2.41. The number of aliphatic carboxylic acids is 1. The number of likely N-dealkylation sites (N-methyl/N-ethyl adjacent to an activating group) is 3. The Bertz CT molecular complexity index is 3320. The van der Waals surface area contributed by atoms with E-state index in [4.69, 9.17) is 19.9 Å². The fourth-order valence-corrected chi connectivity index (χ4v) is 15.4. The van der Waals surface area contributed by atoms with Gasteiger partial charge >= 0.3 is 18.1 Å². The number of hydrogen-bond acceptors (Lipinski definition) is 17. The van der Waals surface area contributed by atoms with Crippen LogP contribution in [0.15, 0.2) is 42.5 Å². The van der Waals surface area contributed by atoms with Gasteiger partial charge in [0, 0.05) is 84.3 Å². The Kier molecular flexibility index (Phi) is 35.0. The van der Waals surface area contributed by atoms with E-state index in [0.717, 1.165) is 25.0 Å². The molecule has 2 heterocycles. The van der Waals surface area contributed by atoms with Crippen molar-refractivity contribution >= 4 is 88.7 Å². The molecule has 1 aliphatic carbocycles. The Hall–Kier alpha value is -8.03. The summed E-state index contributed by atoms with van der Waals surface area (Å²) in [4.78, 5) is 169. The van der Waals surface area contributed by atoms with Crippen LogP contribution < -0.4 is 37.6 Å². The first-order chi connectivity index (χ1) is 50.0. The predicted molar refractivity (Wildman–Crippen MR) is 396 cm³/mol. The Morgan fingerprint density at radius 2 is 1.42 bits per heavy atom. The number of ether oxygens (including phenoxy) is 3.